The maximum absolute atomic E-state index is 12.0. The molecule has 7 heteroatoms. The third-order valence-corrected chi connectivity index (χ3v) is 7.06. The van der Waals surface area contributed by atoms with Gasteiger partial charge in [0.15, 0.2) is 0 Å². The van der Waals surface area contributed by atoms with Gasteiger partial charge in [-0.05, 0) is 20.3 Å². The number of ether oxygens (including phenoxy) is 1. The van der Waals surface area contributed by atoms with Gasteiger partial charge in [-0.3, -0.25) is 0 Å². The smallest absolute Gasteiger partial charge is 0.216 e. The zero-order valence-electron chi connectivity index (χ0n) is 14.4. The van der Waals surface area contributed by atoms with Gasteiger partial charge in [-0.25, -0.2) is 12.7 Å². The Balaban J connectivity index is 1.61. The largest absolute Gasteiger partial charge is 0.385 e. The lowest BCUT2D eigenvalue weighted by Gasteiger charge is -2.60. The van der Waals surface area contributed by atoms with E-state index in [-0.39, 0.29) is 5.25 Å². The quantitative estimate of drug-likeness (QED) is 0.569. The third kappa shape index (κ3) is 4.00. The maximum atomic E-state index is 12.0. The average molecular weight is 333 g/mol. The number of nitrogens with zero attached hydrogens (tertiary/aromatic N) is 3. The van der Waals surface area contributed by atoms with Gasteiger partial charge in [-0.15, -0.1) is 0 Å². The lowest BCUT2D eigenvalue weighted by molar-refractivity contribution is -0.115. The van der Waals surface area contributed by atoms with Crippen LogP contribution in [-0.4, -0.2) is 94.4 Å². The van der Waals surface area contributed by atoms with Crippen LogP contribution in [0.5, 0.6) is 0 Å². The molecular formula is C15H31N3O3S. The molecule has 0 atom stereocenters. The van der Waals surface area contributed by atoms with Crippen molar-refractivity contribution in [3.05, 3.63) is 0 Å². The normalized spacial score (nSPS) is 22.3. The summed E-state index contributed by atoms with van der Waals surface area (Å²) in [5.74, 6) is 0. The maximum Gasteiger partial charge on any atom is 0.216 e. The Morgan fingerprint density at radius 3 is 2.18 bits per heavy atom. The molecule has 2 fully saturated rings. The summed E-state index contributed by atoms with van der Waals surface area (Å²) in [6, 6.07) is 0. The van der Waals surface area contributed by atoms with Gasteiger partial charge in [0, 0.05) is 72.0 Å². The zero-order valence-corrected chi connectivity index (χ0v) is 15.2. The average Bonchev–Trinajstić information content (AvgIpc) is 2.37. The van der Waals surface area contributed by atoms with E-state index in [4.69, 9.17) is 4.74 Å². The fraction of sp³-hybridized carbons (Fsp3) is 1.00. The Bertz CT molecular complexity index is 453. The summed E-state index contributed by atoms with van der Waals surface area (Å²) in [7, 11) is 0.322. The summed E-state index contributed by atoms with van der Waals surface area (Å²) in [5.41, 5.74) is 0.489. The highest BCUT2D eigenvalue weighted by Crippen LogP contribution is 2.39. The summed E-state index contributed by atoms with van der Waals surface area (Å²) in [6.07, 6.45) is 1.11. The van der Waals surface area contributed by atoms with Crippen LogP contribution in [0, 0.1) is 5.41 Å². The second kappa shape index (κ2) is 7.13. The number of hydrogen-bond acceptors (Lipinski definition) is 5. The molecule has 130 valence electrons. The molecule has 0 bridgehead atoms. The molecule has 2 aliphatic heterocycles. The third-order valence-electron chi connectivity index (χ3n) is 4.82. The van der Waals surface area contributed by atoms with Crippen molar-refractivity contribution in [3.8, 4) is 0 Å². The molecule has 0 aliphatic carbocycles. The molecule has 0 radical (unpaired) electrons. The van der Waals surface area contributed by atoms with Gasteiger partial charge in [-0.1, -0.05) is 0 Å². The molecule has 22 heavy (non-hydrogen) atoms. The first kappa shape index (κ1) is 18.1. The van der Waals surface area contributed by atoms with E-state index in [2.05, 4.69) is 9.80 Å². The fourth-order valence-electron chi connectivity index (χ4n) is 3.52. The first-order chi connectivity index (χ1) is 10.3. The molecule has 0 unspecified atom stereocenters. The number of sulfonamides is 1. The molecule has 2 saturated heterocycles. The van der Waals surface area contributed by atoms with E-state index in [0.29, 0.717) is 12.0 Å². The predicted octanol–water partition coefficient (Wildman–Crippen LogP) is 0.311. The van der Waals surface area contributed by atoms with Crippen LogP contribution in [0.2, 0.25) is 0 Å². The number of likely N-dealkylation sites (tertiary alicyclic amines) is 2. The summed E-state index contributed by atoms with van der Waals surface area (Å²) >= 11 is 0. The van der Waals surface area contributed by atoms with E-state index in [0.717, 1.165) is 39.2 Å². The molecule has 0 aromatic rings. The highest BCUT2D eigenvalue weighted by molar-refractivity contribution is 7.89. The molecule has 0 saturated carbocycles. The SMILES string of the molecule is COCCCN1CC2(C1)CN(CCN(C)S(=O)(=O)C(C)C)C2. The molecule has 0 aromatic carbocycles. The molecule has 1 spiro atoms. The molecule has 0 aromatic heterocycles. The minimum Gasteiger partial charge on any atom is -0.385 e. The first-order valence-corrected chi connectivity index (χ1v) is 9.68. The van der Waals surface area contributed by atoms with E-state index >= 15 is 0 Å². The Morgan fingerprint density at radius 2 is 1.68 bits per heavy atom. The van der Waals surface area contributed by atoms with Crippen LogP contribution in [-0.2, 0) is 14.8 Å². The van der Waals surface area contributed by atoms with E-state index in [1.54, 1.807) is 28.0 Å². The fourth-order valence-corrected chi connectivity index (χ4v) is 4.58. The minimum atomic E-state index is -3.11. The molecule has 2 rings (SSSR count). The van der Waals surface area contributed by atoms with Gasteiger partial charge in [0.05, 0.1) is 5.25 Å². The second-order valence-electron chi connectivity index (χ2n) is 7.18. The topological polar surface area (TPSA) is 53.1 Å². The summed E-state index contributed by atoms with van der Waals surface area (Å²) in [6.45, 7) is 11.5. The van der Waals surface area contributed by atoms with Gasteiger partial charge in [0.2, 0.25) is 10.0 Å². The molecule has 0 N–H and O–H groups in total. The van der Waals surface area contributed by atoms with Crippen molar-refractivity contribution in [2.75, 3.05) is 66.6 Å². The van der Waals surface area contributed by atoms with E-state index in [1.165, 1.54) is 17.4 Å². The van der Waals surface area contributed by atoms with Crippen molar-refractivity contribution in [3.63, 3.8) is 0 Å². The minimum absolute atomic E-state index is 0.340. The Kier molecular flexibility index (Phi) is 5.88. The van der Waals surface area contributed by atoms with Crippen LogP contribution >= 0.6 is 0 Å². The van der Waals surface area contributed by atoms with E-state index in [1.807, 2.05) is 0 Å². The Morgan fingerprint density at radius 1 is 1.14 bits per heavy atom. The molecule has 6 nitrogen and oxygen atoms in total. The second-order valence-corrected chi connectivity index (χ2v) is 9.78. The highest BCUT2D eigenvalue weighted by atomic mass is 32.2. The van der Waals surface area contributed by atoms with E-state index in [9.17, 15) is 8.42 Å². The van der Waals surface area contributed by atoms with E-state index < -0.39 is 10.0 Å². The number of methoxy groups -OCH3 is 1. The summed E-state index contributed by atoms with van der Waals surface area (Å²) < 4.78 is 30.6. The van der Waals surface area contributed by atoms with Crippen LogP contribution in [0.25, 0.3) is 0 Å². The van der Waals surface area contributed by atoms with Crippen molar-refractivity contribution < 1.29 is 13.2 Å². The van der Waals surface area contributed by atoms with Gasteiger partial charge in [-0.2, -0.15) is 0 Å². The standard InChI is InChI=1S/C15H31N3O3S/c1-14(2)22(19,20)16(3)7-8-18-12-15(13-18)10-17(11-15)6-5-9-21-4/h14H,5-13H2,1-4H3. The Hall–Kier alpha value is -0.210. The Labute approximate surface area is 135 Å². The van der Waals surface area contributed by atoms with Crippen molar-refractivity contribution >= 4 is 10.0 Å². The number of rotatable bonds is 9. The van der Waals surface area contributed by atoms with Crippen molar-refractivity contribution in [2.24, 2.45) is 5.41 Å². The van der Waals surface area contributed by atoms with Crippen LogP contribution in [0.1, 0.15) is 20.3 Å². The predicted molar refractivity (Wildman–Crippen MR) is 88.5 cm³/mol. The van der Waals surface area contributed by atoms with Crippen molar-refractivity contribution in [1.82, 2.24) is 14.1 Å². The highest BCUT2D eigenvalue weighted by Gasteiger charge is 2.50. The van der Waals surface area contributed by atoms with Gasteiger partial charge < -0.3 is 14.5 Å². The zero-order chi connectivity index (χ0) is 16.4. The van der Waals surface area contributed by atoms with Gasteiger partial charge >= 0.3 is 0 Å². The van der Waals surface area contributed by atoms with Crippen molar-refractivity contribution in [1.29, 1.82) is 0 Å². The summed E-state index contributed by atoms with van der Waals surface area (Å²) in [5, 5.41) is -0.340. The van der Waals surface area contributed by atoms with Crippen LogP contribution in [0.15, 0.2) is 0 Å². The van der Waals surface area contributed by atoms with Gasteiger partial charge in [0.25, 0.3) is 0 Å². The molecule has 2 aliphatic rings. The summed E-state index contributed by atoms with van der Waals surface area (Å²) in [4.78, 5) is 4.87. The van der Waals surface area contributed by atoms with Crippen LogP contribution in [0.4, 0.5) is 0 Å². The monoisotopic (exact) mass is 333 g/mol. The lowest BCUT2D eigenvalue weighted by atomic mass is 9.73. The van der Waals surface area contributed by atoms with Crippen molar-refractivity contribution in [2.45, 2.75) is 25.5 Å². The van der Waals surface area contributed by atoms with Crippen LogP contribution < -0.4 is 0 Å². The molecular weight excluding hydrogens is 302 g/mol. The molecule has 0 amide bonds. The lowest BCUT2D eigenvalue weighted by Crippen LogP contribution is -2.72. The number of likely N-dealkylation sites (N-methyl/N-ethyl adjacent to an activating group) is 1. The molecule has 2 heterocycles. The number of hydrogen-bond donors (Lipinski definition) is 0. The first-order valence-electron chi connectivity index (χ1n) is 8.18. The van der Waals surface area contributed by atoms with Crippen LogP contribution in [0.3, 0.4) is 0 Å². The van der Waals surface area contributed by atoms with Gasteiger partial charge in [0.1, 0.15) is 0 Å².